The molecule has 0 saturated carbocycles. The zero-order valence-electron chi connectivity index (χ0n) is 9.99. The Balaban J connectivity index is 3.01. The molecule has 90 valence electrons. The van der Waals surface area contributed by atoms with Crippen LogP contribution in [0.25, 0.3) is 0 Å². The van der Waals surface area contributed by atoms with Gasteiger partial charge in [-0.15, -0.1) is 0 Å². The lowest BCUT2D eigenvalue weighted by molar-refractivity contribution is 0.183. The van der Waals surface area contributed by atoms with Crippen molar-refractivity contribution in [1.29, 1.82) is 0 Å². The highest BCUT2D eigenvalue weighted by Gasteiger charge is 2.11. The molecule has 0 amide bonds. The van der Waals surface area contributed by atoms with E-state index in [-0.39, 0.29) is 6.54 Å². The topological polar surface area (TPSA) is 64.7 Å². The molecule has 0 aliphatic carbocycles. The molecule has 1 unspecified atom stereocenters. The Kier molecular flexibility index (Phi) is 4.58. The van der Waals surface area contributed by atoms with Crippen LogP contribution in [-0.4, -0.2) is 32.0 Å². The molecule has 0 radical (unpaired) electrons. The van der Waals surface area contributed by atoms with Crippen molar-refractivity contribution in [3.05, 3.63) is 23.3 Å². The van der Waals surface area contributed by atoms with Crippen molar-refractivity contribution in [3.8, 4) is 11.5 Å². The van der Waals surface area contributed by atoms with E-state index < -0.39 is 6.10 Å². The van der Waals surface area contributed by atoms with E-state index in [1.54, 1.807) is 14.2 Å². The summed E-state index contributed by atoms with van der Waals surface area (Å²) in [5.74, 6) is 1.37. The number of benzene rings is 1. The standard InChI is InChI=1S/C12H19NO3/c1-8-4-11(15-2)12(16-3)6-9(8)5-10(14)7-13/h4,6,10,14H,5,7,13H2,1-3H3. The molecule has 0 aromatic heterocycles. The normalized spacial score (nSPS) is 12.3. The van der Waals surface area contributed by atoms with Gasteiger partial charge in [0.2, 0.25) is 0 Å². The predicted molar refractivity (Wildman–Crippen MR) is 63.0 cm³/mol. The minimum Gasteiger partial charge on any atom is -0.493 e. The van der Waals surface area contributed by atoms with E-state index in [1.165, 1.54) is 0 Å². The van der Waals surface area contributed by atoms with Crippen molar-refractivity contribution in [1.82, 2.24) is 0 Å². The molecule has 0 aliphatic heterocycles. The van der Waals surface area contributed by atoms with Crippen molar-refractivity contribution < 1.29 is 14.6 Å². The summed E-state index contributed by atoms with van der Waals surface area (Å²) in [5, 5.41) is 9.53. The van der Waals surface area contributed by atoms with Gasteiger partial charge in [-0.05, 0) is 36.6 Å². The number of ether oxygens (including phenoxy) is 2. The van der Waals surface area contributed by atoms with E-state index in [1.807, 2.05) is 19.1 Å². The highest BCUT2D eigenvalue weighted by atomic mass is 16.5. The van der Waals surface area contributed by atoms with Crippen molar-refractivity contribution in [2.75, 3.05) is 20.8 Å². The Bertz CT molecular complexity index is 352. The van der Waals surface area contributed by atoms with Gasteiger partial charge in [-0.3, -0.25) is 0 Å². The lowest BCUT2D eigenvalue weighted by Crippen LogP contribution is -2.22. The molecule has 0 spiro atoms. The molecule has 0 bridgehead atoms. The van der Waals surface area contributed by atoms with Gasteiger partial charge in [0.05, 0.1) is 20.3 Å². The summed E-state index contributed by atoms with van der Waals surface area (Å²) in [6.45, 7) is 2.23. The first kappa shape index (κ1) is 12.8. The second-order valence-corrected chi connectivity index (χ2v) is 3.73. The molecule has 0 aliphatic rings. The number of methoxy groups -OCH3 is 2. The van der Waals surface area contributed by atoms with Crippen LogP contribution in [0.4, 0.5) is 0 Å². The van der Waals surface area contributed by atoms with E-state index >= 15 is 0 Å². The summed E-state index contributed by atoms with van der Waals surface area (Å²) in [5.41, 5.74) is 7.47. The molecule has 1 aromatic rings. The van der Waals surface area contributed by atoms with Gasteiger partial charge >= 0.3 is 0 Å². The van der Waals surface area contributed by atoms with Crippen LogP contribution in [0.3, 0.4) is 0 Å². The Morgan fingerprint density at radius 1 is 1.25 bits per heavy atom. The predicted octanol–water partition coefficient (Wildman–Crippen LogP) is 0.874. The number of aliphatic hydroxyl groups excluding tert-OH is 1. The minimum absolute atomic E-state index is 0.258. The Morgan fingerprint density at radius 2 is 1.81 bits per heavy atom. The molecule has 4 nitrogen and oxygen atoms in total. The average Bonchev–Trinajstić information content (AvgIpc) is 2.30. The van der Waals surface area contributed by atoms with Gasteiger partial charge in [0.1, 0.15) is 0 Å². The van der Waals surface area contributed by atoms with E-state index in [0.29, 0.717) is 17.9 Å². The monoisotopic (exact) mass is 225 g/mol. The quantitative estimate of drug-likeness (QED) is 0.780. The highest BCUT2D eigenvalue weighted by molar-refractivity contribution is 5.47. The van der Waals surface area contributed by atoms with Gasteiger partial charge in [0.15, 0.2) is 11.5 Å². The van der Waals surface area contributed by atoms with Gasteiger partial charge in [0.25, 0.3) is 0 Å². The maximum absolute atomic E-state index is 9.53. The van der Waals surface area contributed by atoms with Crippen LogP contribution in [-0.2, 0) is 6.42 Å². The second-order valence-electron chi connectivity index (χ2n) is 3.73. The summed E-state index contributed by atoms with van der Waals surface area (Å²) < 4.78 is 10.4. The lowest BCUT2D eigenvalue weighted by atomic mass is 10.0. The molecule has 3 N–H and O–H groups in total. The summed E-state index contributed by atoms with van der Waals surface area (Å²) in [7, 11) is 3.20. The number of hydrogen-bond donors (Lipinski definition) is 2. The summed E-state index contributed by atoms with van der Waals surface area (Å²) >= 11 is 0. The third-order valence-corrected chi connectivity index (χ3v) is 2.57. The number of aliphatic hydroxyl groups is 1. The summed E-state index contributed by atoms with van der Waals surface area (Å²) in [6, 6.07) is 3.78. The van der Waals surface area contributed by atoms with Crippen LogP contribution >= 0.6 is 0 Å². The molecule has 16 heavy (non-hydrogen) atoms. The van der Waals surface area contributed by atoms with Gasteiger partial charge in [-0.1, -0.05) is 0 Å². The number of rotatable bonds is 5. The molecule has 0 saturated heterocycles. The SMILES string of the molecule is COc1cc(C)c(CC(O)CN)cc1OC. The Hall–Kier alpha value is -1.26. The van der Waals surface area contributed by atoms with Crippen molar-refractivity contribution in [3.63, 3.8) is 0 Å². The van der Waals surface area contributed by atoms with Crippen molar-refractivity contribution in [2.45, 2.75) is 19.4 Å². The Morgan fingerprint density at radius 3 is 2.31 bits per heavy atom. The molecule has 0 heterocycles. The highest BCUT2D eigenvalue weighted by Crippen LogP contribution is 2.30. The molecular formula is C12H19NO3. The molecule has 1 atom stereocenters. The fourth-order valence-electron chi connectivity index (χ4n) is 1.58. The van der Waals surface area contributed by atoms with Crippen LogP contribution in [0, 0.1) is 6.92 Å². The molecule has 0 fully saturated rings. The lowest BCUT2D eigenvalue weighted by Gasteiger charge is -2.14. The fraction of sp³-hybridized carbons (Fsp3) is 0.500. The third-order valence-electron chi connectivity index (χ3n) is 2.57. The molecule has 1 aromatic carbocycles. The average molecular weight is 225 g/mol. The fourth-order valence-corrected chi connectivity index (χ4v) is 1.58. The van der Waals surface area contributed by atoms with Crippen LogP contribution in [0.1, 0.15) is 11.1 Å². The van der Waals surface area contributed by atoms with Gasteiger partial charge < -0.3 is 20.3 Å². The van der Waals surface area contributed by atoms with E-state index in [9.17, 15) is 5.11 Å². The first-order valence-electron chi connectivity index (χ1n) is 5.22. The van der Waals surface area contributed by atoms with Gasteiger partial charge in [-0.25, -0.2) is 0 Å². The third kappa shape index (κ3) is 2.87. The van der Waals surface area contributed by atoms with E-state index in [0.717, 1.165) is 11.1 Å². The van der Waals surface area contributed by atoms with Crippen LogP contribution < -0.4 is 15.2 Å². The van der Waals surface area contributed by atoms with Crippen molar-refractivity contribution >= 4 is 0 Å². The molecule has 1 rings (SSSR count). The first-order chi connectivity index (χ1) is 7.62. The molecular weight excluding hydrogens is 206 g/mol. The first-order valence-corrected chi connectivity index (χ1v) is 5.22. The number of aryl methyl sites for hydroxylation is 1. The zero-order valence-corrected chi connectivity index (χ0v) is 9.99. The van der Waals surface area contributed by atoms with Gasteiger partial charge in [-0.2, -0.15) is 0 Å². The smallest absolute Gasteiger partial charge is 0.161 e. The van der Waals surface area contributed by atoms with E-state index in [2.05, 4.69) is 0 Å². The number of nitrogens with two attached hydrogens (primary N) is 1. The second kappa shape index (κ2) is 5.72. The van der Waals surface area contributed by atoms with Crippen LogP contribution in [0.15, 0.2) is 12.1 Å². The van der Waals surface area contributed by atoms with Crippen LogP contribution in [0.2, 0.25) is 0 Å². The van der Waals surface area contributed by atoms with Crippen LogP contribution in [0.5, 0.6) is 11.5 Å². The maximum atomic E-state index is 9.53. The Labute approximate surface area is 96.0 Å². The largest absolute Gasteiger partial charge is 0.493 e. The summed E-state index contributed by atoms with van der Waals surface area (Å²) in [4.78, 5) is 0. The number of hydrogen-bond acceptors (Lipinski definition) is 4. The maximum Gasteiger partial charge on any atom is 0.161 e. The zero-order chi connectivity index (χ0) is 12.1. The summed E-state index contributed by atoms with van der Waals surface area (Å²) in [6.07, 6.45) is 0.0136. The van der Waals surface area contributed by atoms with E-state index in [4.69, 9.17) is 15.2 Å². The molecule has 4 heteroatoms. The van der Waals surface area contributed by atoms with Crippen molar-refractivity contribution in [2.24, 2.45) is 5.73 Å². The van der Waals surface area contributed by atoms with Gasteiger partial charge in [0, 0.05) is 6.54 Å². The minimum atomic E-state index is -0.517.